The van der Waals surface area contributed by atoms with Crippen LogP contribution in [0.2, 0.25) is 10.0 Å². The molecule has 0 radical (unpaired) electrons. The van der Waals surface area contributed by atoms with E-state index in [1.165, 1.54) is 48.5 Å². The van der Waals surface area contributed by atoms with Crippen molar-refractivity contribution in [3.05, 3.63) is 58.6 Å². The SMILES string of the molecule is O=S(=O)(SSS(=O)(=O)c1ccc(Cl)cc1)c1ccc(Cl)cc1. The van der Waals surface area contributed by atoms with Crippen molar-refractivity contribution in [2.45, 2.75) is 9.79 Å². The molecule has 0 saturated heterocycles. The zero-order valence-electron chi connectivity index (χ0n) is 10.6. The Bertz CT molecular complexity index is 785. The second kappa shape index (κ2) is 7.02. The maximum Gasteiger partial charge on any atom is 0.240 e. The highest BCUT2D eigenvalue weighted by Gasteiger charge is 2.23. The average Bonchev–Trinajstić information content (AvgIpc) is 2.46. The van der Waals surface area contributed by atoms with E-state index >= 15 is 0 Å². The van der Waals surface area contributed by atoms with Gasteiger partial charge in [-0.2, -0.15) is 0 Å². The fraction of sp³-hybridized carbons (Fsp3) is 0. The Morgan fingerprint density at radius 1 is 0.591 bits per heavy atom. The molecule has 4 nitrogen and oxygen atoms in total. The van der Waals surface area contributed by atoms with E-state index in [9.17, 15) is 16.8 Å². The number of halogens is 2. The molecule has 0 unspecified atom stereocenters. The van der Waals surface area contributed by atoms with Gasteiger partial charge in [-0.05, 0) is 48.5 Å². The number of benzene rings is 2. The summed E-state index contributed by atoms with van der Waals surface area (Å²) in [5.74, 6) is 0. The van der Waals surface area contributed by atoms with Gasteiger partial charge < -0.3 is 0 Å². The minimum atomic E-state index is -3.81. The van der Waals surface area contributed by atoms with Crippen LogP contribution in [0.25, 0.3) is 0 Å². The third-order valence-corrected chi connectivity index (χ3v) is 12.6. The van der Waals surface area contributed by atoms with Crippen LogP contribution in [0.3, 0.4) is 0 Å². The predicted octanol–water partition coefficient (Wildman–Crippen LogP) is 4.45. The molecule has 0 N–H and O–H groups in total. The summed E-state index contributed by atoms with van der Waals surface area (Å²) in [5, 5.41) is 0.788. The zero-order chi connectivity index (χ0) is 16.4. The summed E-state index contributed by atoms with van der Waals surface area (Å²) in [6.07, 6.45) is 0. The summed E-state index contributed by atoms with van der Waals surface area (Å²) < 4.78 is 48.4. The van der Waals surface area contributed by atoms with Crippen LogP contribution in [0.15, 0.2) is 58.3 Å². The average molecular weight is 415 g/mol. The number of rotatable bonds is 5. The molecule has 0 bridgehead atoms. The van der Waals surface area contributed by atoms with E-state index in [1.807, 2.05) is 0 Å². The first-order valence-corrected chi connectivity index (χ1v) is 12.5. The van der Waals surface area contributed by atoms with Gasteiger partial charge in [-0.3, -0.25) is 0 Å². The molecule has 0 aliphatic rings. The molecular weight excluding hydrogens is 407 g/mol. The van der Waals surface area contributed by atoms with Gasteiger partial charge in [0.05, 0.1) is 29.4 Å². The lowest BCUT2D eigenvalue weighted by molar-refractivity contribution is 0.608. The largest absolute Gasteiger partial charge is 0.240 e. The van der Waals surface area contributed by atoms with Gasteiger partial charge >= 0.3 is 0 Å². The van der Waals surface area contributed by atoms with Crippen LogP contribution in [-0.4, -0.2) is 16.8 Å². The second-order valence-corrected chi connectivity index (χ2v) is 13.8. The normalized spacial score (nSPS) is 12.3. The van der Waals surface area contributed by atoms with E-state index < -0.39 is 17.7 Å². The monoisotopic (exact) mass is 414 g/mol. The highest BCUT2D eigenvalue weighted by Crippen LogP contribution is 2.40. The molecule has 10 heteroatoms. The number of hydrogen-bond donors (Lipinski definition) is 0. The van der Waals surface area contributed by atoms with Crippen LogP contribution in [-0.2, 0) is 17.7 Å². The molecule has 118 valence electrons. The van der Waals surface area contributed by atoms with E-state index in [0.29, 0.717) is 10.0 Å². The summed E-state index contributed by atoms with van der Waals surface area (Å²) in [4.78, 5) is -0.0265. The van der Waals surface area contributed by atoms with Crippen molar-refractivity contribution < 1.29 is 16.8 Å². The maximum atomic E-state index is 12.1. The first-order valence-electron chi connectivity index (χ1n) is 5.60. The van der Waals surface area contributed by atoms with Gasteiger partial charge in [0, 0.05) is 10.0 Å². The van der Waals surface area contributed by atoms with Crippen LogP contribution in [0.4, 0.5) is 0 Å². The first kappa shape index (κ1) is 18.0. The lowest BCUT2D eigenvalue weighted by Gasteiger charge is -2.05. The van der Waals surface area contributed by atoms with Crippen molar-refractivity contribution >= 4 is 60.6 Å². The Balaban J connectivity index is 2.17. The molecule has 0 heterocycles. The molecule has 0 amide bonds. The van der Waals surface area contributed by atoms with Crippen molar-refractivity contribution in [3.63, 3.8) is 0 Å². The fourth-order valence-corrected chi connectivity index (χ4v) is 11.1. The van der Waals surface area contributed by atoms with Crippen molar-refractivity contribution in [2.75, 3.05) is 0 Å². The molecule has 0 saturated carbocycles. The minimum Gasteiger partial charge on any atom is -0.211 e. The smallest absolute Gasteiger partial charge is 0.211 e. The summed E-state index contributed by atoms with van der Waals surface area (Å²) in [6.45, 7) is 0. The van der Waals surface area contributed by atoms with Crippen LogP contribution in [0.1, 0.15) is 0 Å². The molecule has 0 fully saturated rings. The third-order valence-electron chi connectivity index (χ3n) is 2.41. The molecule has 2 rings (SSSR count). The molecule has 22 heavy (non-hydrogen) atoms. The van der Waals surface area contributed by atoms with E-state index in [4.69, 9.17) is 23.2 Å². The summed E-state index contributed by atoms with van der Waals surface area (Å²) in [6, 6.07) is 11.0. The van der Waals surface area contributed by atoms with Gasteiger partial charge in [-0.25, -0.2) is 16.8 Å². The molecule has 2 aromatic carbocycles. The Morgan fingerprint density at radius 3 is 1.14 bits per heavy atom. The van der Waals surface area contributed by atoms with E-state index in [2.05, 4.69) is 0 Å². The Labute approximate surface area is 145 Å². The second-order valence-electron chi connectivity index (χ2n) is 3.95. The highest BCUT2D eigenvalue weighted by molar-refractivity contribution is 9.23. The van der Waals surface area contributed by atoms with Crippen molar-refractivity contribution in [1.29, 1.82) is 0 Å². The summed E-state index contributed by atoms with van der Waals surface area (Å²) in [5.41, 5.74) is 0. The summed E-state index contributed by atoms with van der Waals surface area (Å²) >= 11 is 11.4. The number of hydrogen-bond acceptors (Lipinski definition) is 6. The third kappa shape index (κ3) is 4.56. The molecule has 0 spiro atoms. The standard InChI is InChI=1S/C12H8Cl2O4S4/c13-9-1-5-11(6-2-9)21(15,16)19-20-22(17,18)12-7-3-10(14)4-8-12/h1-8H. The quantitative estimate of drug-likeness (QED) is 0.672. The molecule has 0 atom stereocenters. The van der Waals surface area contributed by atoms with Gasteiger partial charge in [0.25, 0.3) is 0 Å². The Morgan fingerprint density at radius 2 is 0.864 bits per heavy atom. The van der Waals surface area contributed by atoms with Crippen molar-refractivity contribution in [2.24, 2.45) is 0 Å². The van der Waals surface area contributed by atoms with Crippen LogP contribution in [0, 0.1) is 0 Å². The van der Waals surface area contributed by atoms with Gasteiger partial charge in [0.2, 0.25) is 17.7 Å². The fourth-order valence-electron chi connectivity index (χ4n) is 1.35. The zero-order valence-corrected chi connectivity index (χ0v) is 15.4. The van der Waals surface area contributed by atoms with Gasteiger partial charge in [0.1, 0.15) is 0 Å². The van der Waals surface area contributed by atoms with E-state index in [-0.39, 0.29) is 29.4 Å². The van der Waals surface area contributed by atoms with Crippen molar-refractivity contribution in [3.8, 4) is 0 Å². The minimum absolute atomic E-state index is 0.0132. The van der Waals surface area contributed by atoms with Gasteiger partial charge in [-0.15, -0.1) is 0 Å². The van der Waals surface area contributed by atoms with E-state index in [1.54, 1.807) is 0 Å². The van der Waals surface area contributed by atoms with Crippen LogP contribution < -0.4 is 0 Å². The summed E-state index contributed by atoms with van der Waals surface area (Å²) in [7, 11) is -7.08. The molecule has 0 aromatic heterocycles. The highest BCUT2D eigenvalue weighted by atomic mass is 35.5. The predicted molar refractivity (Wildman–Crippen MR) is 92.5 cm³/mol. The van der Waals surface area contributed by atoms with E-state index in [0.717, 1.165) is 0 Å². The first-order chi connectivity index (χ1) is 10.2. The van der Waals surface area contributed by atoms with Crippen molar-refractivity contribution in [1.82, 2.24) is 0 Å². The molecule has 0 aliphatic heterocycles. The molecule has 2 aromatic rings. The van der Waals surface area contributed by atoms with Crippen LogP contribution >= 0.6 is 42.9 Å². The van der Waals surface area contributed by atoms with Gasteiger partial charge in [-0.1, -0.05) is 23.2 Å². The Kier molecular flexibility index (Phi) is 5.73. The van der Waals surface area contributed by atoms with Gasteiger partial charge in [0.15, 0.2) is 0 Å². The lowest BCUT2D eigenvalue weighted by Crippen LogP contribution is -1.97. The van der Waals surface area contributed by atoms with Crippen LogP contribution in [0.5, 0.6) is 0 Å². The maximum absolute atomic E-state index is 12.1. The molecular formula is C12H8Cl2O4S4. The Hall–Kier alpha value is -0.380. The molecule has 0 aliphatic carbocycles. The lowest BCUT2D eigenvalue weighted by atomic mass is 10.4. The topological polar surface area (TPSA) is 68.3 Å².